The van der Waals surface area contributed by atoms with Crippen molar-refractivity contribution in [3.63, 3.8) is 0 Å². The Hall–Kier alpha value is -3.54. The average molecular weight is 396 g/mol. The second-order valence-electron chi connectivity index (χ2n) is 7.14. The highest BCUT2D eigenvalue weighted by atomic mass is 19.1. The average Bonchev–Trinajstić information content (AvgIpc) is 3.53. The molecule has 0 radical (unpaired) electrons. The maximum absolute atomic E-state index is 14.5. The molecule has 1 aromatic carbocycles. The zero-order valence-corrected chi connectivity index (χ0v) is 16.4. The van der Waals surface area contributed by atoms with E-state index in [-0.39, 0.29) is 29.0 Å². The Kier molecular flexibility index (Phi) is 5.73. The topological polar surface area (TPSA) is 111 Å². The standard InChI is InChI=1S/C20H21FN6O2/c1-11(20(29)27(2)3)25-16-7-13(6-15(21)14(16)8-22)17-9-24-18(10-23-17)26-19(28)12-4-5-12/h6-7,9-12,25H,4-5H2,1-3H3,(H,24,26,28). The first kappa shape index (κ1) is 20.2. The van der Waals surface area contributed by atoms with Crippen LogP contribution in [0.5, 0.6) is 0 Å². The number of carbonyl (C=O) groups is 2. The molecule has 1 heterocycles. The summed E-state index contributed by atoms with van der Waals surface area (Å²) >= 11 is 0. The molecule has 1 atom stereocenters. The number of benzene rings is 1. The molecule has 8 nitrogen and oxygen atoms in total. The van der Waals surface area contributed by atoms with Crippen molar-refractivity contribution in [1.82, 2.24) is 14.9 Å². The minimum absolute atomic E-state index is 0.0459. The molecule has 0 saturated heterocycles. The molecule has 1 unspecified atom stereocenters. The van der Waals surface area contributed by atoms with Gasteiger partial charge in [0.25, 0.3) is 0 Å². The van der Waals surface area contributed by atoms with Gasteiger partial charge < -0.3 is 15.5 Å². The number of hydrogen-bond acceptors (Lipinski definition) is 6. The van der Waals surface area contributed by atoms with Gasteiger partial charge in [-0.25, -0.2) is 9.37 Å². The monoisotopic (exact) mass is 396 g/mol. The van der Waals surface area contributed by atoms with Gasteiger partial charge in [-0.3, -0.25) is 14.6 Å². The van der Waals surface area contributed by atoms with E-state index in [2.05, 4.69) is 20.6 Å². The van der Waals surface area contributed by atoms with Crippen molar-refractivity contribution in [3.8, 4) is 17.3 Å². The van der Waals surface area contributed by atoms with Gasteiger partial charge in [0.1, 0.15) is 23.5 Å². The number of amides is 2. The lowest BCUT2D eigenvalue weighted by Gasteiger charge is -2.20. The number of hydrogen-bond donors (Lipinski definition) is 2. The number of halogens is 1. The van der Waals surface area contributed by atoms with Gasteiger partial charge in [0.05, 0.1) is 23.8 Å². The quantitative estimate of drug-likeness (QED) is 0.776. The summed E-state index contributed by atoms with van der Waals surface area (Å²) in [7, 11) is 3.23. The second-order valence-corrected chi connectivity index (χ2v) is 7.14. The van der Waals surface area contributed by atoms with Crippen LogP contribution in [0, 0.1) is 23.1 Å². The van der Waals surface area contributed by atoms with E-state index >= 15 is 0 Å². The van der Waals surface area contributed by atoms with Crippen LogP contribution in [0.15, 0.2) is 24.5 Å². The highest BCUT2D eigenvalue weighted by Crippen LogP contribution is 2.30. The Labute approximate surface area is 167 Å². The van der Waals surface area contributed by atoms with Gasteiger partial charge in [-0.1, -0.05) is 0 Å². The summed E-state index contributed by atoms with van der Waals surface area (Å²) in [6, 6.07) is 3.90. The number of anilines is 2. The molecule has 1 aliphatic rings. The molecule has 9 heteroatoms. The van der Waals surface area contributed by atoms with Crippen LogP contribution in [-0.4, -0.2) is 46.8 Å². The number of nitrogens with zero attached hydrogens (tertiary/aromatic N) is 4. The van der Waals surface area contributed by atoms with Crippen LogP contribution >= 0.6 is 0 Å². The molecule has 3 rings (SSSR count). The highest BCUT2D eigenvalue weighted by molar-refractivity contribution is 5.93. The molecule has 2 N–H and O–H groups in total. The van der Waals surface area contributed by atoms with Crippen molar-refractivity contribution < 1.29 is 14.0 Å². The Morgan fingerprint density at radius 1 is 1.28 bits per heavy atom. The zero-order chi connectivity index (χ0) is 21.1. The van der Waals surface area contributed by atoms with Crippen LogP contribution < -0.4 is 10.6 Å². The molecular formula is C20H21FN6O2. The van der Waals surface area contributed by atoms with Crippen LogP contribution in [0.25, 0.3) is 11.3 Å². The normalized spacial score (nSPS) is 13.9. The Morgan fingerprint density at radius 3 is 2.55 bits per heavy atom. The minimum Gasteiger partial charge on any atom is -0.373 e. The van der Waals surface area contributed by atoms with Crippen LogP contribution in [0.2, 0.25) is 0 Å². The fraction of sp³-hybridized carbons (Fsp3) is 0.350. The number of carbonyl (C=O) groups excluding carboxylic acids is 2. The van der Waals surface area contributed by atoms with Crippen molar-refractivity contribution in [3.05, 3.63) is 35.9 Å². The first-order valence-electron chi connectivity index (χ1n) is 9.14. The van der Waals surface area contributed by atoms with Crippen LogP contribution in [-0.2, 0) is 9.59 Å². The third kappa shape index (κ3) is 4.66. The number of nitriles is 1. The molecule has 150 valence electrons. The van der Waals surface area contributed by atoms with Crippen LogP contribution in [0.1, 0.15) is 25.3 Å². The van der Waals surface area contributed by atoms with Crippen molar-refractivity contribution in [1.29, 1.82) is 5.26 Å². The molecule has 0 aliphatic heterocycles. The molecule has 29 heavy (non-hydrogen) atoms. The Balaban J connectivity index is 1.85. The van der Waals surface area contributed by atoms with Gasteiger partial charge in [0, 0.05) is 25.6 Å². The molecule has 0 spiro atoms. The number of likely N-dealkylation sites (N-methyl/N-ethyl adjacent to an activating group) is 1. The van der Waals surface area contributed by atoms with Gasteiger partial charge in [0.15, 0.2) is 5.82 Å². The summed E-state index contributed by atoms with van der Waals surface area (Å²) in [6.07, 6.45) is 4.58. The summed E-state index contributed by atoms with van der Waals surface area (Å²) in [5.41, 5.74) is 0.764. The number of nitrogens with one attached hydrogen (secondary N) is 2. The molecule has 0 bridgehead atoms. The van der Waals surface area contributed by atoms with Gasteiger partial charge in [0.2, 0.25) is 11.8 Å². The lowest BCUT2D eigenvalue weighted by Crippen LogP contribution is -2.36. The number of rotatable bonds is 6. The van der Waals surface area contributed by atoms with E-state index in [1.807, 2.05) is 6.07 Å². The molecular weight excluding hydrogens is 375 g/mol. The maximum Gasteiger partial charge on any atom is 0.244 e. The van der Waals surface area contributed by atoms with Crippen molar-refractivity contribution in [2.75, 3.05) is 24.7 Å². The van der Waals surface area contributed by atoms with E-state index in [1.165, 1.54) is 23.4 Å². The first-order valence-corrected chi connectivity index (χ1v) is 9.14. The summed E-state index contributed by atoms with van der Waals surface area (Å²) in [6.45, 7) is 1.63. The van der Waals surface area contributed by atoms with E-state index in [0.29, 0.717) is 17.1 Å². The number of aromatic nitrogens is 2. The zero-order valence-electron chi connectivity index (χ0n) is 16.4. The third-order valence-electron chi connectivity index (χ3n) is 4.53. The molecule has 2 amide bonds. The van der Waals surface area contributed by atoms with Crippen LogP contribution in [0.4, 0.5) is 15.9 Å². The third-order valence-corrected chi connectivity index (χ3v) is 4.53. The van der Waals surface area contributed by atoms with Gasteiger partial charge >= 0.3 is 0 Å². The maximum atomic E-state index is 14.5. The summed E-state index contributed by atoms with van der Waals surface area (Å²) in [4.78, 5) is 33.7. The van der Waals surface area contributed by atoms with E-state index in [4.69, 9.17) is 0 Å². The lowest BCUT2D eigenvalue weighted by atomic mass is 10.1. The fourth-order valence-corrected chi connectivity index (χ4v) is 2.78. The molecule has 1 aromatic heterocycles. The summed E-state index contributed by atoms with van der Waals surface area (Å²) in [5.74, 6) is -0.657. The van der Waals surface area contributed by atoms with Crippen molar-refractivity contribution in [2.45, 2.75) is 25.8 Å². The minimum atomic E-state index is -0.732. The van der Waals surface area contributed by atoms with E-state index in [0.717, 1.165) is 12.8 Å². The summed E-state index contributed by atoms with van der Waals surface area (Å²) in [5, 5.41) is 14.9. The molecule has 2 aromatic rings. The fourth-order valence-electron chi connectivity index (χ4n) is 2.78. The van der Waals surface area contributed by atoms with Crippen molar-refractivity contribution in [2.24, 2.45) is 5.92 Å². The molecule has 1 aliphatic carbocycles. The largest absolute Gasteiger partial charge is 0.373 e. The summed E-state index contributed by atoms with van der Waals surface area (Å²) < 4.78 is 14.5. The Bertz CT molecular complexity index is 980. The van der Waals surface area contributed by atoms with E-state index in [1.54, 1.807) is 27.1 Å². The second kappa shape index (κ2) is 8.22. The predicted molar refractivity (Wildman–Crippen MR) is 105 cm³/mol. The van der Waals surface area contributed by atoms with E-state index in [9.17, 15) is 19.2 Å². The highest BCUT2D eigenvalue weighted by Gasteiger charge is 2.29. The SMILES string of the molecule is CC(Nc1cc(-c2cnc(NC(=O)C3CC3)cn2)cc(F)c1C#N)C(=O)N(C)C. The first-order chi connectivity index (χ1) is 13.8. The Morgan fingerprint density at radius 2 is 2.00 bits per heavy atom. The van der Waals surface area contributed by atoms with Crippen LogP contribution in [0.3, 0.4) is 0 Å². The van der Waals surface area contributed by atoms with Gasteiger partial charge in [-0.05, 0) is 31.9 Å². The lowest BCUT2D eigenvalue weighted by molar-refractivity contribution is -0.129. The van der Waals surface area contributed by atoms with Gasteiger partial charge in [-0.2, -0.15) is 5.26 Å². The molecule has 1 saturated carbocycles. The van der Waals surface area contributed by atoms with Gasteiger partial charge in [-0.15, -0.1) is 0 Å². The predicted octanol–water partition coefficient (Wildman–Crippen LogP) is 2.39. The van der Waals surface area contributed by atoms with E-state index < -0.39 is 11.9 Å². The smallest absolute Gasteiger partial charge is 0.244 e. The molecule has 1 fully saturated rings. The van der Waals surface area contributed by atoms with Crippen molar-refractivity contribution >= 4 is 23.3 Å².